The van der Waals surface area contributed by atoms with Gasteiger partial charge in [-0.3, -0.25) is 4.79 Å². The molecule has 0 amide bonds. The molecule has 3 atom stereocenters. The van der Waals surface area contributed by atoms with Crippen LogP contribution in [-0.2, 0) is 4.79 Å². The maximum absolute atomic E-state index is 10.8. The van der Waals surface area contributed by atoms with Gasteiger partial charge in [-0.2, -0.15) is 0 Å². The lowest BCUT2D eigenvalue weighted by atomic mass is 9.74. The molecule has 1 saturated carbocycles. The van der Waals surface area contributed by atoms with Crippen LogP contribution in [0.5, 0.6) is 0 Å². The Bertz CT molecular complexity index is 210. The number of carbonyl (C=O) groups is 1. The van der Waals surface area contributed by atoms with Crippen LogP contribution in [0.15, 0.2) is 12.7 Å². The summed E-state index contributed by atoms with van der Waals surface area (Å²) < 4.78 is 0. The molecule has 80 valence electrons. The third kappa shape index (κ3) is 2.86. The van der Waals surface area contributed by atoms with Crippen LogP contribution in [-0.4, -0.2) is 11.1 Å². The van der Waals surface area contributed by atoms with Crippen molar-refractivity contribution < 1.29 is 9.90 Å². The van der Waals surface area contributed by atoms with Crippen molar-refractivity contribution in [3.05, 3.63) is 12.7 Å². The van der Waals surface area contributed by atoms with Gasteiger partial charge in [0.1, 0.15) is 0 Å². The molecule has 1 aliphatic carbocycles. The highest BCUT2D eigenvalue weighted by Crippen LogP contribution is 2.35. The zero-order valence-corrected chi connectivity index (χ0v) is 8.91. The van der Waals surface area contributed by atoms with Crippen molar-refractivity contribution in [1.29, 1.82) is 0 Å². The van der Waals surface area contributed by atoms with Crippen molar-refractivity contribution in [2.45, 2.75) is 39.0 Å². The molecule has 0 saturated heterocycles. The summed E-state index contributed by atoms with van der Waals surface area (Å²) in [6, 6.07) is 0. The number of aliphatic carboxylic acids is 1. The Kier molecular flexibility index (Phi) is 4.18. The summed E-state index contributed by atoms with van der Waals surface area (Å²) in [4.78, 5) is 10.8. The molecule has 0 heterocycles. The predicted octanol–water partition coefficient (Wildman–Crippen LogP) is 3.09. The van der Waals surface area contributed by atoms with Gasteiger partial charge in [-0.1, -0.05) is 25.8 Å². The fourth-order valence-electron chi connectivity index (χ4n) is 2.44. The molecule has 1 N–H and O–H groups in total. The Labute approximate surface area is 86.0 Å². The first-order valence-electron chi connectivity index (χ1n) is 5.48. The van der Waals surface area contributed by atoms with E-state index in [-0.39, 0.29) is 5.92 Å². The first-order chi connectivity index (χ1) is 6.65. The fourth-order valence-corrected chi connectivity index (χ4v) is 2.44. The van der Waals surface area contributed by atoms with Gasteiger partial charge >= 0.3 is 5.97 Å². The third-order valence-electron chi connectivity index (χ3n) is 3.42. The van der Waals surface area contributed by atoms with E-state index in [4.69, 9.17) is 5.11 Å². The van der Waals surface area contributed by atoms with Gasteiger partial charge in [-0.25, -0.2) is 0 Å². The SMILES string of the molecule is C=CCC1CCCC(C(C)C(=O)O)C1. The molecule has 1 fully saturated rings. The second-order valence-corrected chi connectivity index (χ2v) is 4.44. The van der Waals surface area contributed by atoms with E-state index in [0.29, 0.717) is 11.8 Å². The van der Waals surface area contributed by atoms with Crippen molar-refractivity contribution in [3.63, 3.8) is 0 Å². The van der Waals surface area contributed by atoms with Crippen molar-refractivity contribution >= 4 is 5.97 Å². The Balaban J connectivity index is 2.46. The molecule has 0 spiro atoms. The fraction of sp³-hybridized carbons (Fsp3) is 0.750. The predicted molar refractivity (Wildman–Crippen MR) is 57.1 cm³/mol. The molecule has 0 aromatic carbocycles. The van der Waals surface area contributed by atoms with Crippen molar-refractivity contribution in [2.24, 2.45) is 17.8 Å². The smallest absolute Gasteiger partial charge is 0.306 e. The Morgan fingerprint density at radius 2 is 2.36 bits per heavy atom. The van der Waals surface area contributed by atoms with Gasteiger partial charge in [-0.15, -0.1) is 6.58 Å². The molecular formula is C12H20O2. The van der Waals surface area contributed by atoms with Gasteiger partial charge in [-0.05, 0) is 31.1 Å². The van der Waals surface area contributed by atoms with E-state index < -0.39 is 5.97 Å². The molecular weight excluding hydrogens is 176 g/mol. The van der Waals surface area contributed by atoms with E-state index in [1.165, 1.54) is 12.8 Å². The summed E-state index contributed by atoms with van der Waals surface area (Å²) in [6.07, 6.45) is 7.58. The minimum absolute atomic E-state index is 0.178. The van der Waals surface area contributed by atoms with Gasteiger partial charge in [0.2, 0.25) is 0 Å². The Morgan fingerprint density at radius 3 is 2.93 bits per heavy atom. The molecule has 0 aromatic heterocycles. The zero-order valence-electron chi connectivity index (χ0n) is 8.91. The summed E-state index contributed by atoms with van der Waals surface area (Å²) in [5.41, 5.74) is 0. The number of hydrogen-bond acceptors (Lipinski definition) is 1. The maximum Gasteiger partial charge on any atom is 0.306 e. The highest BCUT2D eigenvalue weighted by Gasteiger charge is 2.28. The molecule has 0 aromatic rings. The van der Waals surface area contributed by atoms with Gasteiger partial charge in [0.25, 0.3) is 0 Å². The maximum atomic E-state index is 10.8. The van der Waals surface area contributed by atoms with Crippen LogP contribution in [0.2, 0.25) is 0 Å². The first kappa shape index (κ1) is 11.3. The van der Waals surface area contributed by atoms with Crippen LogP contribution >= 0.6 is 0 Å². The van der Waals surface area contributed by atoms with Crippen molar-refractivity contribution in [2.75, 3.05) is 0 Å². The number of hydrogen-bond donors (Lipinski definition) is 1. The second kappa shape index (κ2) is 5.18. The molecule has 0 radical (unpaired) electrons. The van der Waals surface area contributed by atoms with Gasteiger partial charge in [0.05, 0.1) is 5.92 Å². The summed E-state index contributed by atoms with van der Waals surface area (Å²) in [5, 5.41) is 8.93. The van der Waals surface area contributed by atoms with Crippen molar-refractivity contribution in [3.8, 4) is 0 Å². The van der Waals surface area contributed by atoms with Crippen LogP contribution in [0.4, 0.5) is 0 Å². The largest absolute Gasteiger partial charge is 0.481 e. The Morgan fingerprint density at radius 1 is 1.64 bits per heavy atom. The standard InChI is InChI=1S/C12H20O2/c1-3-5-10-6-4-7-11(8-10)9(2)12(13)14/h3,9-11H,1,4-8H2,2H3,(H,13,14). The molecule has 14 heavy (non-hydrogen) atoms. The van der Waals surface area contributed by atoms with E-state index in [0.717, 1.165) is 19.3 Å². The topological polar surface area (TPSA) is 37.3 Å². The molecule has 1 aliphatic rings. The highest BCUT2D eigenvalue weighted by molar-refractivity contribution is 5.69. The Hall–Kier alpha value is -0.790. The van der Waals surface area contributed by atoms with Crippen LogP contribution < -0.4 is 0 Å². The van der Waals surface area contributed by atoms with Gasteiger partial charge in [0, 0.05) is 0 Å². The van der Waals surface area contributed by atoms with E-state index in [2.05, 4.69) is 6.58 Å². The lowest BCUT2D eigenvalue weighted by Gasteiger charge is -2.30. The van der Waals surface area contributed by atoms with Crippen LogP contribution in [0.3, 0.4) is 0 Å². The summed E-state index contributed by atoms with van der Waals surface area (Å²) >= 11 is 0. The summed E-state index contributed by atoms with van der Waals surface area (Å²) in [5.74, 6) is 0.233. The average Bonchev–Trinajstić information content (AvgIpc) is 2.17. The summed E-state index contributed by atoms with van der Waals surface area (Å²) in [7, 11) is 0. The monoisotopic (exact) mass is 196 g/mol. The number of allylic oxidation sites excluding steroid dienone is 1. The van der Waals surface area contributed by atoms with E-state index in [1.807, 2.05) is 13.0 Å². The molecule has 2 heteroatoms. The molecule has 3 unspecified atom stereocenters. The summed E-state index contributed by atoms with van der Waals surface area (Å²) in [6.45, 7) is 5.58. The molecule has 0 aliphatic heterocycles. The highest BCUT2D eigenvalue weighted by atomic mass is 16.4. The molecule has 1 rings (SSSR count). The third-order valence-corrected chi connectivity index (χ3v) is 3.42. The lowest BCUT2D eigenvalue weighted by molar-refractivity contribution is -0.143. The minimum atomic E-state index is -0.644. The van der Waals surface area contributed by atoms with E-state index in [9.17, 15) is 4.79 Å². The molecule has 0 bridgehead atoms. The average molecular weight is 196 g/mol. The second-order valence-electron chi connectivity index (χ2n) is 4.44. The van der Waals surface area contributed by atoms with Crippen molar-refractivity contribution in [1.82, 2.24) is 0 Å². The van der Waals surface area contributed by atoms with Gasteiger partial charge < -0.3 is 5.11 Å². The normalized spacial score (nSPS) is 29.5. The van der Waals surface area contributed by atoms with Gasteiger partial charge in [0.15, 0.2) is 0 Å². The van der Waals surface area contributed by atoms with E-state index >= 15 is 0 Å². The van der Waals surface area contributed by atoms with Crippen LogP contribution in [0, 0.1) is 17.8 Å². The molecule has 2 nitrogen and oxygen atoms in total. The minimum Gasteiger partial charge on any atom is -0.481 e. The first-order valence-corrected chi connectivity index (χ1v) is 5.48. The number of carboxylic acids is 1. The lowest BCUT2D eigenvalue weighted by Crippen LogP contribution is -2.26. The van der Waals surface area contributed by atoms with E-state index in [1.54, 1.807) is 0 Å². The zero-order chi connectivity index (χ0) is 10.6. The van der Waals surface area contributed by atoms with Crippen LogP contribution in [0.1, 0.15) is 39.0 Å². The number of rotatable bonds is 4. The van der Waals surface area contributed by atoms with Crippen LogP contribution in [0.25, 0.3) is 0 Å². The number of carboxylic acid groups (broad SMARTS) is 1. The quantitative estimate of drug-likeness (QED) is 0.701.